The molecular weight excluding hydrogens is 339 g/mol. The Bertz CT molecular complexity index is 704. The molecule has 0 aliphatic heterocycles. The first-order chi connectivity index (χ1) is 12.0. The van der Waals surface area contributed by atoms with Crippen LogP contribution in [0.2, 0.25) is 0 Å². The van der Waals surface area contributed by atoms with E-state index in [1.54, 1.807) is 24.5 Å². The van der Waals surface area contributed by atoms with Crippen LogP contribution in [0.3, 0.4) is 0 Å². The van der Waals surface area contributed by atoms with Crippen molar-refractivity contribution in [2.24, 2.45) is 4.99 Å². The van der Waals surface area contributed by atoms with Crippen LogP contribution in [-0.4, -0.2) is 36.5 Å². The Morgan fingerprint density at radius 3 is 2.96 bits per heavy atom. The Labute approximate surface area is 152 Å². The van der Waals surface area contributed by atoms with Gasteiger partial charge in [0.2, 0.25) is 0 Å². The van der Waals surface area contributed by atoms with E-state index in [-0.39, 0.29) is 11.9 Å². The van der Waals surface area contributed by atoms with Crippen molar-refractivity contribution in [2.75, 3.05) is 20.7 Å². The Morgan fingerprint density at radius 2 is 2.28 bits per heavy atom. The topological polar surface area (TPSA) is 49.8 Å². The van der Waals surface area contributed by atoms with Crippen LogP contribution in [0.25, 0.3) is 0 Å². The number of nitrogens with zero attached hydrogens (tertiary/aromatic N) is 3. The lowest BCUT2D eigenvalue weighted by Crippen LogP contribution is -2.38. The van der Waals surface area contributed by atoms with E-state index in [2.05, 4.69) is 15.3 Å². The van der Waals surface area contributed by atoms with Crippen LogP contribution in [0, 0.1) is 5.82 Å². The van der Waals surface area contributed by atoms with Crippen LogP contribution in [0.15, 0.2) is 34.6 Å². The first kappa shape index (κ1) is 19.3. The summed E-state index contributed by atoms with van der Waals surface area (Å²) < 4.78 is 18.6. The van der Waals surface area contributed by atoms with E-state index in [0.29, 0.717) is 13.1 Å². The average molecular weight is 364 g/mol. The molecule has 0 bridgehead atoms. The van der Waals surface area contributed by atoms with Crippen LogP contribution in [0.1, 0.15) is 36.2 Å². The number of hydrogen-bond acceptors (Lipinski definition) is 4. The molecule has 0 saturated heterocycles. The molecule has 1 unspecified atom stereocenters. The largest absolute Gasteiger partial charge is 0.375 e. The Kier molecular flexibility index (Phi) is 7.33. The van der Waals surface area contributed by atoms with Gasteiger partial charge in [0, 0.05) is 26.1 Å². The SMILES string of the molecule is CCNC(=NCc1cccc(F)c1)N(C)Cc1csc(C(C)OC)n1. The van der Waals surface area contributed by atoms with Crippen LogP contribution in [0.4, 0.5) is 4.39 Å². The van der Waals surface area contributed by atoms with E-state index < -0.39 is 0 Å². The van der Waals surface area contributed by atoms with Gasteiger partial charge in [-0.05, 0) is 31.5 Å². The van der Waals surface area contributed by atoms with E-state index in [1.165, 1.54) is 12.1 Å². The molecule has 0 saturated carbocycles. The standard InChI is InChI=1S/C18H25FN4OS/c1-5-20-18(21-10-14-7-6-8-15(19)9-14)23(3)11-16-12-25-17(22-16)13(2)24-4/h6-9,12-13H,5,10-11H2,1-4H3,(H,20,21). The van der Waals surface area contributed by atoms with Crippen molar-refractivity contribution >= 4 is 17.3 Å². The highest BCUT2D eigenvalue weighted by atomic mass is 32.1. The van der Waals surface area contributed by atoms with Gasteiger partial charge in [-0.25, -0.2) is 14.4 Å². The van der Waals surface area contributed by atoms with E-state index in [9.17, 15) is 4.39 Å². The van der Waals surface area contributed by atoms with E-state index in [4.69, 9.17) is 4.74 Å². The van der Waals surface area contributed by atoms with Gasteiger partial charge < -0.3 is 15.0 Å². The smallest absolute Gasteiger partial charge is 0.194 e. The lowest BCUT2D eigenvalue weighted by Gasteiger charge is -2.21. The predicted molar refractivity (Wildman–Crippen MR) is 100 cm³/mol. The fourth-order valence-corrected chi connectivity index (χ4v) is 3.11. The second-order valence-electron chi connectivity index (χ2n) is 5.71. The summed E-state index contributed by atoms with van der Waals surface area (Å²) in [7, 11) is 3.64. The maximum atomic E-state index is 13.3. The minimum atomic E-state index is -0.242. The summed E-state index contributed by atoms with van der Waals surface area (Å²) in [5, 5.41) is 6.27. The lowest BCUT2D eigenvalue weighted by molar-refractivity contribution is 0.119. The zero-order valence-corrected chi connectivity index (χ0v) is 15.9. The highest BCUT2D eigenvalue weighted by Crippen LogP contribution is 2.21. The van der Waals surface area contributed by atoms with Gasteiger partial charge in [-0.2, -0.15) is 0 Å². The highest BCUT2D eigenvalue weighted by molar-refractivity contribution is 7.09. The second kappa shape index (κ2) is 9.48. The van der Waals surface area contributed by atoms with Crippen LogP contribution < -0.4 is 5.32 Å². The molecule has 136 valence electrons. The van der Waals surface area contributed by atoms with Crippen molar-refractivity contribution in [2.45, 2.75) is 33.0 Å². The molecule has 2 rings (SSSR count). The minimum Gasteiger partial charge on any atom is -0.375 e. The summed E-state index contributed by atoms with van der Waals surface area (Å²) in [6.07, 6.45) is -0.000984. The third kappa shape index (κ3) is 5.79. The zero-order chi connectivity index (χ0) is 18.2. The minimum absolute atomic E-state index is 0.000984. The first-order valence-corrected chi connectivity index (χ1v) is 9.12. The quantitative estimate of drug-likeness (QED) is 0.603. The molecule has 0 amide bonds. The number of methoxy groups -OCH3 is 1. The number of hydrogen-bond donors (Lipinski definition) is 1. The molecule has 2 aromatic rings. The van der Waals surface area contributed by atoms with Crippen molar-refractivity contribution in [3.05, 3.63) is 51.7 Å². The summed E-state index contributed by atoms with van der Waals surface area (Å²) in [6.45, 7) is 5.83. The zero-order valence-electron chi connectivity index (χ0n) is 15.1. The van der Waals surface area contributed by atoms with E-state index >= 15 is 0 Å². The number of rotatable bonds is 7. The van der Waals surface area contributed by atoms with Gasteiger partial charge in [-0.1, -0.05) is 12.1 Å². The lowest BCUT2D eigenvalue weighted by atomic mass is 10.2. The van der Waals surface area contributed by atoms with Crippen molar-refractivity contribution in [1.82, 2.24) is 15.2 Å². The molecule has 25 heavy (non-hydrogen) atoms. The number of aromatic nitrogens is 1. The molecule has 0 aliphatic carbocycles. The summed E-state index contributed by atoms with van der Waals surface area (Å²) in [5.41, 5.74) is 1.82. The normalized spacial score (nSPS) is 12.9. The van der Waals surface area contributed by atoms with Gasteiger partial charge >= 0.3 is 0 Å². The number of guanidine groups is 1. The molecule has 5 nitrogen and oxygen atoms in total. The first-order valence-electron chi connectivity index (χ1n) is 8.24. The summed E-state index contributed by atoms with van der Waals surface area (Å²) in [6, 6.07) is 6.51. The van der Waals surface area contributed by atoms with Gasteiger partial charge in [0.1, 0.15) is 16.9 Å². The Hall–Kier alpha value is -1.99. The van der Waals surface area contributed by atoms with Crippen molar-refractivity contribution in [3.8, 4) is 0 Å². The van der Waals surface area contributed by atoms with Gasteiger partial charge in [-0.3, -0.25) is 0 Å². The highest BCUT2D eigenvalue weighted by Gasteiger charge is 2.12. The number of ether oxygens (including phenoxy) is 1. The molecule has 1 heterocycles. The van der Waals surface area contributed by atoms with Crippen LogP contribution in [0.5, 0.6) is 0 Å². The molecule has 1 aromatic carbocycles. The Balaban J connectivity index is 2.05. The summed E-state index contributed by atoms with van der Waals surface area (Å²) in [5.74, 6) is 0.523. The molecular formula is C18H25FN4OS. The molecule has 1 aromatic heterocycles. The maximum absolute atomic E-state index is 13.3. The molecule has 1 atom stereocenters. The van der Waals surface area contributed by atoms with Gasteiger partial charge in [0.25, 0.3) is 0 Å². The molecule has 0 fully saturated rings. The number of nitrogens with one attached hydrogen (secondary N) is 1. The number of benzene rings is 1. The summed E-state index contributed by atoms with van der Waals surface area (Å²) in [4.78, 5) is 11.2. The number of halogens is 1. The number of thiazole rings is 1. The van der Waals surface area contributed by atoms with Crippen molar-refractivity contribution in [3.63, 3.8) is 0 Å². The van der Waals surface area contributed by atoms with Crippen LogP contribution in [-0.2, 0) is 17.8 Å². The van der Waals surface area contributed by atoms with Crippen LogP contribution >= 0.6 is 11.3 Å². The molecule has 0 spiro atoms. The monoisotopic (exact) mass is 364 g/mol. The summed E-state index contributed by atoms with van der Waals surface area (Å²) >= 11 is 1.60. The van der Waals surface area contributed by atoms with E-state index in [0.717, 1.165) is 28.8 Å². The van der Waals surface area contributed by atoms with Crippen molar-refractivity contribution in [1.29, 1.82) is 0 Å². The number of aliphatic imine (C=N–C) groups is 1. The average Bonchev–Trinajstić information content (AvgIpc) is 3.06. The van der Waals surface area contributed by atoms with Gasteiger partial charge in [-0.15, -0.1) is 11.3 Å². The van der Waals surface area contributed by atoms with E-state index in [1.807, 2.05) is 37.2 Å². The molecule has 0 radical (unpaired) electrons. The Morgan fingerprint density at radius 1 is 1.48 bits per heavy atom. The van der Waals surface area contributed by atoms with Gasteiger partial charge in [0.15, 0.2) is 5.96 Å². The predicted octanol–water partition coefficient (Wildman–Crippen LogP) is 3.59. The second-order valence-corrected chi connectivity index (χ2v) is 6.60. The molecule has 7 heteroatoms. The maximum Gasteiger partial charge on any atom is 0.194 e. The van der Waals surface area contributed by atoms with Crippen molar-refractivity contribution < 1.29 is 9.13 Å². The molecule has 0 aliphatic rings. The fourth-order valence-electron chi connectivity index (χ4n) is 2.27. The molecule has 1 N–H and O–H groups in total. The fraction of sp³-hybridized carbons (Fsp3) is 0.444. The third-order valence-electron chi connectivity index (χ3n) is 3.67. The third-order valence-corrected chi connectivity index (χ3v) is 4.72. The van der Waals surface area contributed by atoms with Gasteiger partial charge in [0.05, 0.1) is 18.8 Å².